The van der Waals surface area contributed by atoms with E-state index in [0.29, 0.717) is 18.3 Å². The molecule has 6 nitrogen and oxygen atoms in total. The molecule has 0 saturated heterocycles. The summed E-state index contributed by atoms with van der Waals surface area (Å²) in [5.74, 6) is -0.390. The molecule has 0 radical (unpaired) electrons. The third-order valence-electron chi connectivity index (χ3n) is 5.63. The van der Waals surface area contributed by atoms with Gasteiger partial charge in [0.2, 0.25) is 0 Å². The van der Waals surface area contributed by atoms with Crippen molar-refractivity contribution in [2.45, 2.75) is 50.6 Å². The van der Waals surface area contributed by atoms with Gasteiger partial charge in [0.05, 0.1) is 15.5 Å². The van der Waals surface area contributed by atoms with Crippen molar-refractivity contribution in [1.29, 1.82) is 0 Å². The van der Waals surface area contributed by atoms with Gasteiger partial charge in [0, 0.05) is 24.3 Å². The van der Waals surface area contributed by atoms with E-state index in [4.69, 9.17) is 11.6 Å². The maximum atomic E-state index is 12.8. The summed E-state index contributed by atoms with van der Waals surface area (Å²) in [7, 11) is -1.81. The quantitative estimate of drug-likeness (QED) is 0.639. The smallest absolute Gasteiger partial charge is 0.261 e. The maximum absolute atomic E-state index is 12.8. The van der Waals surface area contributed by atoms with E-state index in [9.17, 15) is 13.2 Å². The number of rotatable bonds is 8. The fourth-order valence-corrected chi connectivity index (χ4v) is 4.46. The number of amides is 1. The average molecular weight is 450 g/mol. The summed E-state index contributed by atoms with van der Waals surface area (Å²) in [6.07, 6.45) is 2.38. The van der Waals surface area contributed by atoms with E-state index in [-0.39, 0.29) is 27.4 Å². The number of nitrogens with one attached hydrogen (secondary N) is 2. The third-order valence-corrected chi connectivity index (χ3v) is 7.34. The Hall–Kier alpha value is -2.09. The predicted octanol–water partition coefficient (Wildman–Crippen LogP) is 3.97. The number of nitrogens with zero attached hydrogens (tertiary/aromatic N) is 1. The van der Waals surface area contributed by atoms with Crippen LogP contribution in [0.1, 0.15) is 41.3 Å². The Kier molecular flexibility index (Phi) is 6.75. The normalized spacial score (nSPS) is 15.1. The summed E-state index contributed by atoms with van der Waals surface area (Å²) < 4.78 is 28.2. The van der Waals surface area contributed by atoms with Gasteiger partial charge in [0.25, 0.3) is 15.9 Å². The first kappa shape index (κ1) is 22.6. The molecule has 1 amide bonds. The predicted molar refractivity (Wildman–Crippen MR) is 121 cm³/mol. The minimum atomic E-state index is -3.86. The molecule has 0 spiro atoms. The van der Waals surface area contributed by atoms with Crippen LogP contribution in [0.25, 0.3) is 0 Å². The third kappa shape index (κ3) is 5.33. The Morgan fingerprint density at radius 1 is 1.17 bits per heavy atom. The van der Waals surface area contributed by atoms with E-state index in [2.05, 4.69) is 21.9 Å². The van der Waals surface area contributed by atoms with Gasteiger partial charge in [-0.05, 0) is 82.1 Å². The van der Waals surface area contributed by atoms with Gasteiger partial charge in [-0.3, -0.25) is 14.4 Å². The van der Waals surface area contributed by atoms with Crippen LogP contribution in [-0.2, 0) is 10.0 Å². The number of carbonyl (C=O) groups excluding carboxylic acids is 1. The lowest BCUT2D eigenvalue weighted by Gasteiger charge is -2.24. The van der Waals surface area contributed by atoms with Crippen LogP contribution in [0.5, 0.6) is 0 Å². The lowest BCUT2D eigenvalue weighted by molar-refractivity contribution is 0.0939. The van der Waals surface area contributed by atoms with E-state index in [1.54, 1.807) is 12.1 Å². The SMILES string of the molecule is Cc1ccc(NS(=O)(=O)c2ccc(Cl)c(C(=O)NCC(C)N(C)C3CC3)c2)cc1C. The van der Waals surface area contributed by atoms with Crippen LogP contribution >= 0.6 is 11.6 Å². The number of hydrogen-bond acceptors (Lipinski definition) is 4. The molecule has 2 aromatic rings. The minimum absolute atomic E-state index is 0.0153. The van der Waals surface area contributed by atoms with Gasteiger partial charge in [0.1, 0.15) is 0 Å². The van der Waals surface area contributed by atoms with Crippen molar-refractivity contribution in [1.82, 2.24) is 10.2 Å². The van der Waals surface area contributed by atoms with Crippen molar-refractivity contribution >= 4 is 33.2 Å². The molecule has 0 aliphatic heterocycles. The van der Waals surface area contributed by atoms with Crippen LogP contribution in [0.4, 0.5) is 5.69 Å². The first-order chi connectivity index (χ1) is 14.1. The largest absolute Gasteiger partial charge is 0.350 e. The fraction of sp³-hybridized carbons (Fsp3) is 0.409. The number of anilines is 1. The Labute approximate surface area is 183 Å². The van der Waals surface area contributed by atoms with Crippen molar-refractivity contribution in [3.8, 4) is 0 Å². The van der Waals surface area contributed by atoms with Crippen molar-refractivity contribution in [3.63, 3.8) is 0 Å². The van der Waals surface area contributed by atoms with Crippen molar-refractivity contribution in [2.24, 2.45) is 0 Å². The molecule has 1 atom stereocenters. The molecular weight excluding hydrogens is 422 g/mol. The molecule has 0 aromatic heterocycles. The van der Waals surface area contributed by atoms with Gasteiger partial charge in [-0.1, -0.05) is 17.7 Å². The van der Waals surface area contributed by atoms with Crippen LogP contribution in [0, 0.1) is 13.8 Å². The van der Waals surface area contributed by atoms with E-state index in [0.717, 1.165) is 11.1 Å². The molecule has 1 unspecified atom stereocenters. The Bertz CT molecular complexity index is 1050. The molecule has 0 heterocycles. The molecule has 30 heavy (non-hydrogen) atoms. The summed E-state index contributed by atoms with van der Waals surface area (Å²) in [6.45, 7) is 6.38. The highest BCUT2D eigenvalue weighted by molar-refractivity contribution is 7.92. The molecule has 2 aromatic carbocycles. The number of likely N-dealkylation sites (N-methyl/N-ethyl adjacent to an activating group) is 1. The fourth-order valence-electron chi connectivity index (χ4n) is 3.19. The highest BCUT2D eigenvalue weighted by Crippen LogP contribution is 2.27. The molecule has 8 heteroatoms. The van der Waals surface area contributed by atoms with Crippen LogP contribution in [0.15, 0.2) is 41.3 Å². The van der Waals surface area contributed by atoms with Crippen molar-refractivity contribution in [3.05, 3.63) is 58.1 Å². The van der Waals surface area contributed by atoms with E-state index >= 15 is 0 Å². The molecule has 1 aliphatic rings. The summed E-state index contributed by atoms with van der Waals surface area (Å²) >= 11 is 6.19. The lowest BCUT2D eigenvalue weighted by atomic mass is 10.1. The molecule has 3 rings (SSSR count). The van der Waals surface area contributed by atoms with Crippen LogP contribution in [-0.4, -0.2) is 44.9 Å². The maximum Gasteiger partial charge on any atom is 0.261 e. The Balaban J connectivity index is 1.74. The van der Waals surface area contributed by atoms with Gasteiger partial charge in [-0.15, -0.1) is 0 Å². The number of carbonyl (C=O) groups is 1. The first-order valence-electron chi connectivity index (χ1n) is 9.98. The first-order valence-corrected chi connectivity index (χ1v) is 11.8. The molecular formula is C22H28ClN3O3S. The van der Waals surface area contributed by atoms with Crippen LogP contribution in [0.3, 0.4) is 0 Å². The Morgan fingerprint density at radius 3 is 2.50 bits per heavy atom. The zero-order chi connectivity index (χ0) is 22.1. The number of halogens is 1. The van der Waals surface area contributed by atoms with E-state index in [1.807, 2.05) is 27.0 Å². The van der Waals surface area contributed by atoms with Gasteiger partial charge < -0.3 is 5.32 Å². The van der Waals surface area contributed by atoms with Crippen molar-refractivity contribution < 1.29 is 13.2 Å². The topological polar surface area (TPSA) is 78.5 Å². The molecule has 1 aliphatic carbocycles. The summed E-state index contributed by atoms with van der Waals surface area (Å²) in [5.41, 5.74) is 2.67. The second kappa shape index (κ2) is 8.96. The molecule has 0 bridgehead atoms. The van der Waals surface area contributed by atoms with Gasteiger partial charge in [-0.25, -0.2) is 8.42 Å². The Morgan fingerprint density at radius 2 is 1.87 bits per heavy atom. The molecule has 162 valence electrons. The second-order valence-electron chi connectivity index (χ2n) is 8.00. The second-order valence-corrected chi connectivity index (χ2v) is 10.1. The van der Waals surface area contributed by atoms with Gasteiger partial charge >= 0.3 is 0 Å². The standard InChI is InChI=1S/C22H28ClN3O3S/c1-14-5-6-17(11-15(14)2)25-30(28,29)19-9-10-21(23)20(12-19)22(27)24-13-16(3)26(4)18-7-8-18/h5-6,9-12,16,18,25H,7-8,13H2,1-4H3,(H,24,27). The van der Waals surface area contributed by atoms with Gasteiger partial charge in [-0.2, -0.15) is 0 Å². The zero-order valence-electron chi connectivity index (χ0n) is 17.7. The van der Waals surface area contributed by atoms with Crippen LogP contribution in [0.2, 0.25) is 5.02 Å². The summed E-state index contributed by atoms with van der Waals surface area (Å²) in [6, 6.07) is 10.3. The van der Waals surface area contributed by atoms with Crippen LogP contribution < -0.4 is 10.0 Å². The molecule has 2 N–H and O–H groups in total. The lowest BCUT2D eigenvalue weighted by Crippen LogP contribution is -2.41. The van der Waals surface area contributed by atoms with E-state index in [1.165, 1.54) is 31.0 Å². The average Bonchev–Trinajstić information content (AvgIpc) is 3.53. The van der Waals surface area contributed by atoms with E-state index < -0.39 is 10.0 Å². The molecule has 1 saturated carbocycles. The monoisotopic (exact) mass is 449 g/mol. The number of sulfonamides is 1. The number of benzene rings is 2. The summed E-state index contributed by atoms with van der Waals surface area (Å²) in [5, 5.41) is 3.07. The number of hydrogen-bond donors (Lipinski definition) is 2. The zero-order valence-corrected chi connectivity index (χ0v) is 19.3. The summed E-state index contributed by atoms with van der Waals surface area (Å²) in [4.78, 5) is 14.9. The van der Waals surface area contributed by atoms with Crippen molar-refractivity contribution in [2.75, 3.05) is 18.3 Å². The molecule has 1 fully saturated rings. The minimum Gasteiger partial charge on any atom is -0.350 e. The van der Waals surface area contributed by atoms with Gasteiger partial charge in [0.15, 0.2) is 0 Å². The highest BCUT2D eigenvalue weighted by Gasteiger charge is 2.29. The highest BCUT2D eigenvalue weighted by atomic mass is 35.5. The number of aryl methyl sites for hydroxylation is 2.